The van der Waals surface area contributed by atoms with Crippen molar-refractivity contribution >= 4 is 53.5 Å². The Labute approximate surface area is 187 Å². The molecule has 0 bridgehead atoms. The molecule has 1 aromatic heterocycles. The van der Waals surface area contributed by atoms with Crippen molar-refractivity contribution in [1.82, 2.24) is 14.7 Å². The van der Waals surface area contributed by atoms with Crippen molar-refractivity contribution < 1.29 is 18.3 Å². The molecule has 1 heterocycles. The molecule has 0 fully saturated rings. The zero-order valence-corrected chi connectivity index (χ0v) is 20.7. The number of anilines is 2. The second-order valence-electron chi connectivity index (χ2n) is 6.77. The highest BCUT2D eigenvalue weighted by Gasteiger charge is 2.23. The Bertz CT molecular complexity index is 984. The number of benzene rings is 1. The average molecular weight is 552 g/mol. The summed E-state index contributed by atoms with van der Waals surface area (Å²) in [6, 6.07) is 3.41. The summed E-state index contributed by atoms with van der Waals surface area (Å²) in [5, 5.41) is 12.7. The lowest BCUT2D eigenvalue weighted by Crippen LogP contribution is -2.26. The molecule has 0 aliphatic rings. The Morgan fingerprint density at radius 3 is 2.34 bits per heavy atom. The van der Waals surface area contributed by atoms with E-state index in [0.717, 1.165) is 0 Å². The van der Waals surface area contributed by atoms with Crippen LogP contribution in [0.3, 0.4) is 0 Å². The van der Waals surface area contributed by atoms with Crippen LogP contribution >= 0.6 is 31.9 Å². The minimum atomic E-state index is -3.63. The first-order valence-corrected chi connectivity index (χ1v) is 11.9. The first-order valence-electron chi connectivity index (χ1n) is 8.87. The Morgan fingerprint density at radius 2 is 1.79 bits per heavy atom. The Morgan fingerprint density at radius 1 is 1.14 bits per heavy atom. The van der Waals surface area contributed by atoms with Crippen LogP contribution in [-0.4, -0.2) is 42.7 Å². The summed E-state index contributed by atoms with van der Waals surface area (Å²) in [6.07, 6.45) is 0.416. The Balaban J connectivity index is 2.43. The number of rotatable bonds is 8. The second-order valence-corrected chi connectivity index (χ2v) is 10.3. The predicted octanol–water partition coefficient (Wildman–Crippen LogP) is 3.92. The number of aliphatic hydroxyl groups is 1. The van der Waals surface area contributed by atoms with Gasteiger partial charge in [-0.15, -0.1) is 0 Å². The molecule has 0 saturated heterocycles. The van der Waals surface area contributed by atoms with Gasteiger partial charge in [-0.3, -0.25) is 0 Å². The first-order chi connectivity index (χ1) is 13.5. The third-order valence-corrected chi connectivity index (χ3v) is 7.14. The van der Waals surface area contributed by atoms with Gasteiger partial charge in [-0.2, -0.15) is 4.98 Å². The summed E-state index contributed by atoms with van der Waals surface area (Å²) in [7, 11) is -2.26. The molecule has 0 aliphatic heterocycles. The van der Waals surface area contributed by atoms with Gasteiger partial charge in [-0.1, -0.05) is 13.8 Å². The molecule has 0 amide bonds. The maximum absolute atomic E-state index is 12.4. The monoisotopic (exact) mass is 550 g/mol. The highest BCUT2D eigenvalue weighted by atomic mass is 79.9. The van der Waals surface area contributed by atoms with Gasteiger partial charge in [-0.05, 0) is 76.4 Å². The normalized spacial score (nSPS) is 14.0. The van der Waals surface area contributed by atoms with Gasteiger partial charge >= 0.3 is 0 Å². The standard InChI is InChI=1S/C18H24Br2N4O4S/c1-9(2)13-6-12(7-14(19)16(13)29(26,27)21-5)23-18-22-8-15(20)17(24-18)28-11(4)10(3)25/h6-11,21,25H,1-5H3,(H,22,23,24)/t10-,11-/m1/s1. The van der Waals surface area contributed by atoms with Crippen molar-refractivity contribution in [2.45, 2.75) is 50.7 Å². The summed E-state index contributed by atoms with van der Waals surface area (Å²) in [5.74, 6) is 0.517. The average Bonchev–Trinajstić information content (AvgIpc) is 2.63. The Hall–Kier alpha value is -1.27. The van der Waals surface area contributed by atoms with Gasteiger partial charge in [0.2, 0.25) is 21.9 Å². The van der Waals surface area contributed by atoms with Crippen LogP contribution in [-0.2, 0) is 10.0 Å². The van der Waals surface area contributed by atoms with Crippen molar-refractivity contribution in [2.24, 2.45) is 0 Å². The molecule has 2 rings (SSSR count). The summed E-state index contributed by atoms with van der Waals surface area (Å²) in [4.78, 5) is 8.75. The SMILES string of the molecule is CNS(=O)(=O)c1c(Br)cc(Nc2ncc(Br)c(O[C@H](C)[C@@H](C)O)n2)cc1C(C)C. The zero-order chi connectivity index (χ0) is 21.9. The molecule has 0 radical (unpaired) electrons. The van der Waals surface area contributed by atoms with Crippen molar-refractivity contribution in [1.29, 1.82) is 0 Å². The number of hydrogen-bond donors (Lipinski definition) is 3. The van der Waals surface area contributed by atoms with E-state index in [-0.39, 0.29) is 22.6 Å². The van der Waals surface area contributed by atoms with Crippen LogP contribution in [0.2, 0.25) is 0 Å². The number of ether oxygens (including phenoxy) is 1. The molecular weight excluding hydrogens is 528 g/mol. The van der Waals surface area contributed by atoms with Crippen molar-refractivity contribution in [3.8, 4) is 5.88 Å². The van der Waals surface area contributed by atoms with E-state index in [1.807, 2.05) is 13.8 Å². The summed E-state index contributed by atoms with van der Waals surface area (Å²) >= 11 is 6.71. The molecular formula is C18H24Br2N4O4S. The highest BCUT2D eigenvalue weighted by Crippen LogP contribution is 2.35. The molecule has 0 saturated carbocycles. The van der Waals surface area contributed by atoms with E-state index in [4.69, 9.17) is 4.74 Å². The van der Waals surface area contributed by atoms with Gasteiger partial charge in [0.1, 0.15) is 6.10 Å². The lowest BCUT2D eigenvalue weighted by Gasteiger charge is -2.19. The van der Waals surface area contributed by atoms with Gasteiger partial charge in [0.25, 0.3) is 0 Å². The van der Waals surface area contributed by atoms with Gasteiger partial charge in [0, 0.05) is 10.2 Å². The largest absolute Gasteiger partial charge is 0.471 e. The van der Waals surface area contributed by atoms with Crippen LogP contribution in [0.25, 0.3) is 0 Å². The van der Waals surface area contributed by atoms with Gasteiger partial charge < -0.3 is 15.2 Å². The molecule has 2 aromatic rings. The molecule has 8 nitrogen and oxygen atoms in total. The van der Waals surface area contributed by atoms with Crippen molar-refractivity contribution in [3.05, 3.63) is 32.8 Å². The number of aromatic nitrogens is 2. The minimum Gasteiger partial charge on any atom is -0.471 e. The van der Waals surface area contributed by atoms with Crippen LogP contribution in [0.15, 0.2) is 32.2 Å². The van der Waals surface area contributed by atoms with Crippen LogP contribution in [0.1, 0.15) is 39.2 Å². The third kappa shape index (κ3) is 5.88. The van der Waals surface area contributed by atoms with Crippen molar-refractivity contribution in [2.75, 3.05) is 12.4 Å². The van der Waals surface area contributed by atoms with E-state index in [2.05, 4.69) is 51.9 Å². The Kier molecular flexibility index (Phi) is 8.02. The second kappa shape index (κ2) is 9.69. The summed E-state index contributed by atoms with van der Waals surface area (Å²) in [6.45, 7) is 7.20. The molecule has 1 aromatic carbocycles. The minimum absolute atomic E-state index is 0.0391. The summed E-state index contributed by atoms with van der Waals surface area (Å²) < 4.78 is 33.9. The van der Waals surface area contributed by atoms with Crippen LogP contribution in [0.4, 0.5) is 11.6 Å². The van der Waals surface area contributed by atoms with Gasteiger partial charge in [0.05, 0.1) is 21.7 Å². The van der Waals surface area contributed by atoms with E-state index in [1.165, 1.54) is 13.2 Å². The molecule has 2 atom stereocenters. The fraction of sp³-hybridized carbons (Fsp3) is 0.444. The molecule has 0 spiro atoms. The molecule has 3 N–H and O–H groups in total. The quantitative estimate of drug-likeness (QED) is 0.455. The smallest absolute Gasteiger partial charge is 0.241 e. The van der Waals surface area contributed by atoms with Gasteiger partial charge in [0.15, 0.2) is 0 Å². The molecule has 11 heteroatoms. The predicted molar refractivity (Wildman–Crippen MR) is 119 cm³/mol. The number of sulfonamides is 1. The topological polar surface area (TPSA) is 113 Å². The van der Waals surface area contributed by atoms with E-state index < -0.39 is 22.2 Å². The maximum Gasteiger partial charge on any atom is 0.241 e. The van der Waals surface area contributed by atoms with Crippen LogP contribution in [0, 0.1) is 0 Å². The third-order valence-electron chi connectivity index (χ3n) is 4.18. The number of nitrogens with zero attached hydrogens (tertiary/aromatic N) is 2. The molecule has 0 unspecified atom stereocenters. The van der Waals surface area contributed by atoms with E-state index in [0.29, 0.717) is 20.2 Å². The maximum atomic E-state index is 12.4. The fourth-order valence-corrected chi connectivity index (χ4v) is 4.92. The van der Waals surface area contributed by atoms with Crippen molar-refractivity contribution in [3.63, 3.8) is 0 Å². The zero-order valence-electron chi connectivity index (χ0n) is 16.7. The fourth-order valence-electron chi connectivity index (χ4n) is 2.40. The lowest BCUT2D eigenvalue weighted by atomic mass is 10.0. The van der Waals surface area contributed by atoms with Crippen LogP contribution in [0.5, 0.6) is 5.88 Å². The first kappa shape index (κ1) is 24.0. The number of nitrogens with one attached hydrogen (secondary N) is 2. The summed E-state index contributed by atoms with van der Waals surface area (Å²) in [5.41, 5.74) is 1.26. The van der Waals surface area contributed by atoms with E-state index in [9.17, 15) is 13.5 Å². The lowest BCUT2D eigenvalue weighted by molar-refractivity contribution is 0.0569. The van der Waals surface area contributed by atoms with E-state index in [1.54, 1.807) is 26.0 Å². The van der Waals surface area contributed by atoms with E-state index >= 15 is 0 Å². The molecule has 160 valence electrons. The number of halogens is 2. The molecule has 29 heavy (non-hydrogen) atoms. The van der Waals surface area contributed by atoms with Gasteiger partial charge in [-0.25, -0.2) is 18.1 Å². The van der Waals surface area contributed by atoms with Crippen LogP contribution < -0.4 is 14.8 Å². The number of hydrogen-bond acceptors (Lipinski definition) is 7. The molecule has 0 aliphatic carbocycles. The highest BCUT2D eigenvalue weighted by molar-refractivity contribution is 9.10. The number of aliphatic hydroxyl groups excluding tert-OH is 1.